The van der Waals surface area contributed by atoms with E-state index in [0.717, 1.165) is 5.56 Å². The highest BCUT2D eigenvalue weighted by atomic mass is 16.5. The second kappa shape index (κ2) is 7.90. The molecule has 29 heavy (non-hydrogen) atoms. The summed E-state index contributed by atoms with van der Waals surface area (Å²) in [4.78, 5) is 32.2. The summed E-state index contributed by atoms with van der Waals surface area (Å²) in [6.45, 7) is 2.25. The first kappa shape index (κ1) is 18.3. The van der Waals surface area contributed by atoms with Crippen molar-refractivity contribution < 1.29 is 13.9 Å². The van der Waals surface area contributed by atoms with Crippen LogP contribution in [0.15, 0.2) is 87.0 Å². The lowest BCUT2D eigenvalue weighted by atomic mass is 10.1. The number of benzene rings is 3. The molecule has 0 amide bonds. The van der Waals surface area contributed by atoms with Gasteiger partial charge in [0.15, 0.2) is 0 Å². The van der Waals surface area contributed by atoms with Crippen LogP contribution in [-0.4, -0.2) is 17.4 Å². The average molecular weight is 384 g/mol. The van der Waals surface area contributed by atoms with Gasteiger partial charge in [-0.1, -0.05) is 36.4 Å². The number of fused-ring (bicyclic) bond motifs is 1. The lowest BCUT2D eigenvalue weighted by Crippen LogP contribution is -2.06. The van der Waals surface area contributed by atoms with Crippen molar-refractivity contribution in [1.82, 2.24) is 4.98 Å². The summed E-state index contributed by atoms with van der Waals surface area (Å²) < 4.78 is 10.5. The molecule has 0 radical (unpaired) electrons. The van der Waals surface area contributed by atoms with E-state index in [0.29, 0.717) is 34.2 Å². The number of nitrogens with zero attached hydrogens (tertiary/aromatic N) is 2. The molecular formula is C23H16N2O4. The zero-order valence-corrected chi connectivity index (χ0v) is 15.5. The van der Waals surface area contributed by atoms with Gasteiger partial charge in [-0.05, 0) is 48.9 Å². The van der Waals surface area contributed by atoms with Gasteiger partial charge in [-0.15, -0.1) is 0 Å². The predicted molar refractivity (Wildman–Crippen MR) is 110 cm³/mol. The van der Waals surface area contributed by atoms with Crippen LogP contribution in [0, 0.1) is 6.92 Å². The van der Waals surface area contributed by atoms with E-state index in [2.05, 4.69) is 9.98 Å². The third-order valence-corrected chi connectivity index (χ3v) is 4.39. The van der Waals surface area contributed by atoms with E-state index in [4.69, 9.17) is 9.15 Å². The summed E-state index contributed by atoms with van der Waals surface area (Å²) in [7, 11) is 0. The van der Waals surface area contributed by atoms with Crippen LogP contribution in [0.4, 0.5) is 5.69 Å². The van der Waals surface area contributed by atoms with Crippen molar-refractivity contribution >= 4 is 29.0 Å². The Morgan fingerprint density at radius 2 is 1.83 bits per heavy atom. The van der Waals surface area contributed by atoms with Crippen molar-refractivity contribution in [2.24, 2.45) is 4.99 Å². The fraction of sp³-hybridized carbons (Fsp3) is 0.0435. The van der Waals surface area contributed by atoms with Crippen LogP contribution in [0.3, 0.4) is 0 Å². The van der Waals surface area contributed by atoms with Crippen LogP contribution < -0.4 is 5.63 Å². The monoisotopic (exact) mass is 384 g/mol. The van der Waals surface area contributed by atoms with Gasteiger partial charge in [0.2, 0.25) is 11.8 Å². The Bertz CT molecular complexity index is 1290. The molecule has 3 aromatic carbocycles. The Morgan fingerprint density at radius 3 is 2.66 bits per heavy atom. The maximum absolute atomic E-state index is 12.3. The zero-order chi connectivity index (χ0) is 20.2. The fourth-order valence-electron chi connectivity index (χ4n) is 2.93. The van der Waals surface area contributed by atoms with Crippen molar-refractivity contribution in [2.45, 2.75) is 6.92 Å². The number of carbonyl (C=O) groups excluding carboxylic acids is 1. The number of para-hydroxylation sites is 2. The van der Waals surface area contributed by atoms with E-state index < -0.39 is 5.63 Å². The molecule has 0 unspecified atom stereocenters. The Labute approximate surface area is 166 Å². The normalized spacial score (nSPS) is 11.4. The fourth-order valence-corrected chi connectivity index (χ4v) is 2.93. The molecule has 142 valence electrons. The van der Waals surface area contributed by atoms with Gasteiger partial charge < -0.3 is 9.15 Å². The molecule has 0 N–H and O–H groups in total. The molecule has 1 aromatic heterocycles. The summed E-state index contributed by atoms with van der Waals surface area (Å²) in [5.74, 6) is 0.316. The molecule has 0 aliphatic heterocycles. The average Bonchev–Trinajstić information content (AvgIpc) is 2.75. The molecule has 6 nitrogen and oxygen atoms in total. The van der Waals surface area contributed by atoms with E-state index in [-0.39, 0.29) is 11.8 Å². The SMILES string of the molecule is Cc1ccccc1N=C(OC=O)c1cccc(-c2nc3ccccc3c(=O)o2)c1. The molecule has 4 rings (SSSR count). The molecular weight excluding hydrogens is 368 g/mol. The number of aromatic nitrogens is 1. The maximum atomic E-state index is 12.3. The highest BCUT2D eigenvalue weighted by molar-refractivity contribution is 5.99. The van der Waals surface area contributed by atoms with Crippen molar-refractivity contribution in [3.05, 3.63) is 94.3 Å². The Balaban J connectivity index is 1.81. The number of rotatable bonds is 4. The van der Waals surface area contributed by atoms with E-state index in [1.807, 2.05) is 31.2 Å². The zero-order valence-electron chi connectivity index (χ0n) is 15.5. The lowest BCUT2D eigenvalue weighted by molar-refractivity contribution is -0.121. The summed E-state index contributed by atoms with van der Waals surface area (Å²) in [5.41, 5.74) is 2.83. The molecule has 0 saturated heterocycles. The molecule has 0 atom stereocenters. The molecule has 0 fully saturated rings. The maximum Gasteiger partial charge on any atom is 0.347 e. The Kier molecular flexibility index (Phi) is 4.99. The number of hydrogen-bond acceptors (Lipinski definition) is 6. The first-order valence-electron chi connectivity index (χ1n) is 8.91. The van der Waals surface area contributed by atoms with E-state index in [9.17, 15) is 9.59 Å². The van der Waals surface area contributed by atoms with Crippen LogP contribution in [0.2, 0.25) is 0 Å². The molecule has 6 heteroatoms. The molecule has 1 heterocycles. The smallest absolute Gasteiger partial charge is 0.347 e. The van der Waals surface area contributed by atoms with Gasteiger partial charge in [0.05, 0.1) is 16.6 Å². The van der Waals surface area contributed by atoms with E-state index in [1.54, 1.807) is 48.5 Å². The molecule has 0 aliphatic rings. The molecule has 0 aliphatic carbocycles. The standard InChI is InChI=1S/C23H16N2O4/c1-15-7-2-4-11-19(15)24-21(28-14-26)16-8-6-9-17(13-16)22-25-20-12-5-3-10-18(20)23(27)29-22/h2-14H,1H3. The number of aryl methyl sites for hydroxylation is 1. The minimum absolute atomic E-state index is 0.138. The van der Waals surface area contributed by atoms with Crippen LogP contribution in [-0.2, 0) is 9.53 Å². The van der Waals surface area contributed by atoms with Crippen molar-refractivity contribution in [2.75, 3.05) is 0 Å². The number of carbonyl (C=O) groups is 1. The highest BCUT2D eigenvalue weighted by Gasteiger charge is 2.12. The van der Waals surface area contributed by atoms with Crippen molar-refractivity contribution in [3.8, 4) is 11.5 Å². The van der Waals surface area contributed by atoms with Crippen LogP contribution in [0.5, 0.6) is 0 Å². The Hall–Kier alpha value is -4.06. The summed E-state index contributed by atoms with van der Waals surface area (Å²) >= 11 is 0. The lowest BCUT2D eigenvalue weighted by Gasteiger charge is -2.07. The minimum atomic E-state index is -0.464. The molecule has 0 spiro atoms. The summed E-state index contributed by atoms with van der Waals surface area (Å²) in [6.07, 6.45) is 0. The Morgan fingerprint density at radius 1 is 1.03 bits per heavy atom. The van der Waals surface area contributed by atoms with Crippen LogP contribution in [0.25, 0.3) is 22.4 Å². The minimum Gasteiger partial charge on any atom is -0.409 e. The second-order valence-electron chi connectivity index (χ2n) is 6.32. The van der Waals surface area contributed by atoms with Crippen LogP contribution >= 0.6 is 0 Å². The van der Waals surface area contributed by atoms with Gasteiger partial charge in [-0.2, -0.15) is 0 Å². The molecule has 4 aromatic rings. The summed E-state index contributed by atoms with van der Waals surface area (Å²) in [5, 5.41) is 0.415. The number of aliphatic imine (C=N–C) groups is 1. The van der Waals surface area contributed by atoms with E-state index >= 15 is 0 Å². The summed E-state index contributed by atoms with van der Waals surface area (Å²) in [6, 6.07) is 21.5. The second-order valence-corrected chi connectivity index (χ2v) is 6.32. The largest absolute Gasteiger partial charge is 0.409 e. The van der Waals surface area contributed by atoms with E-state index in [1.165, 1.54) is 0 Å². The van der Waals surface area contributed by atoms with Gasteiger partial charge in [0, 0.05) is 11.1 Å². The van der Waals surface area contributed by atoms with Gasteiger partial charge >= 0.3 is 5.63 Å². The van der Waals surface area contributed by atoms with Crippen molar-refractivity contribution in [3.63, 3.8) is 0 Å². The quantitative estimate of drug-likeness (QED) is 0.296. The molecule has 0 bridgehead atoms. The highest BCUT2D eigenvalue weighted by Crippen LogP contribution is 2.23. The van der Waals surface area contributed by atoms with Gasteiger partial charge in [0.1, 0.15) is 0 Å². The molecule has 0 saturated carbocycles. The topological polar surface area (TPSA) is 81.8 Å². The van der Waals surface area contributed by atoms with Gasteiger partial charge in [0.25, 0.3) is 6.47 Å². The third kappa shape index (κ3) is 3.82. The van der Waals surface area contributed by atoms with Gasteiger partial charge in [-0.25, -0.2) is 14.8 Å². The third-order valence-electron chi connectivity index (χ3n) is 4.39. The van der Waals surface area contributed by atoms with Crippen LogP contribution in [0.1, 0.15) is 11.1 Å². The first-order valence-corrected chi connectivity index (χ1v) is 8.91. The number of ether oxygens (including phenoxy) is 1. The first-order chi connectivity index (χ1) is 14.2. The number of hydrogen-bond donors (Lipinski definition) is 0. The predicted octanol–water partition coefficient (Wildman–Crippen LogP) is 4.41. The van der Waals surface area contributed by atoms with Crippen molar-refractivity contribution in [1.29, 1.82) is 0 Å². The van der Waals surface area contributed by atoms with Gasteiger partial charge in [-0.3, -0.25) is 4.79 Å².